The van der Waals surface area contributed by atoms with Crippen molar-refractivity contribution < 1.29 is 46.2 Å². The number of alkyl halides is 1. The van der Waals surface area contributed by atoms with Gasteiger partial charge in [0.25, 0.3) is 5.56 Å². The number of H-pyrrole nitrogens is 1. The molecule has 4 aromatic rings. The Labute approximate surface area is 261 Å². The Bertz CT molecular complexity index is 1980. The second kappa shape index (κ2) is 10.6. The Balaban J connectivity index is 1.10. The van der Waals surface area contributed by atoms with E-state index in [4.69, 9.17) is 44.1 Å². The van der Waals surface area contributed by atoms with Crippen LogP contribution in [0.1, 0.15) is 18.1 Å². The van der Waals surface area contributed by atoms with Crippen LogP contribution in [0.3, 0.4) is 0 Å². The Morgan fingerprint density at radius 3 is 2.64 bits per heavy atom. The standard InChI is InChI=1S/C22H23FN8O10P2S2/c1-9-12-17(25-5-24-9)31(7-28-12)21-15-16-22(39-21,3-35-15)4-37-43(34,45)40-14-10(2-36-42(33,44)41-16)38-20(11(14)23)30-8-29-13-18(30)26-6-27-19(13)32/h5-8,10-11,14-16,20-21H,2-4H2,1H3,(H,33,44)(H,34,45)(H,26,27,32)/t10-,11-,14-,15-,16+,20-,21-,22+,42?,43?/m1/s1. The molecule has 23 heteroatoms. The Morgan fingerprint density at radius 2 is 1.82 bits per heavy atom. The first-order valence-electron chi connectivity index (χ1n) is 13.4. The number of nitrogens with one attached hydrogen (secondary N) is 1. The number of fused-ring (bicyclic) bond motifs is 3. The highest BCUT2D eigenvalue weighted by atomic mass is 32.7. The molecule has 240 valence electrons. The van der Waals surface area contributed by atoms with Gasteiger partial charge >= 0.3 is 13.5 Å². The van der Waals surface area contributed by atoms with E-state index in [1.165, 1.54) is 23.5 Å². The van der Waals surface area contributed by atoms with Crippen LogP contribution in [0.2, 0.25) is 0 Å². The number of nitrogens with zero attached hydrogens (tertiary/aromatic N) is 7. The van der Waals surface area contributed by atoms with E-state index in [2.05, 4.69) is 42.2 Å². The van der Waals surface area contributed by atoms with Crippen LogP contribution in [0.4, 0.5) is 4.39 Å². The third-order valence-corrected chi connectivity index (χ3v) is 11.2. The lowest BCUT2D eigenvalue weighted by Gasteiger charge is -2.34. The van der Waals surface area contributed by atoms with Gasteiger partial charge in [0.05, 0.1) is 44.5 Å². The molecule has 45 heavy (non-hydrogen) atoms. The summed E-state index contributed by atoms with van der Waals surface area (Å²) in [6.07, 6.45) is -3.95. The summed E-state index contributed by atoms with van der Waals surface area (Å²) in [6, 6.07) is 0. The zero-order chi connectivity index (χ0) is 31.3. The average Bonchev–Trinajstić information content (AvgIpc) is 3.80. The van der Waals surface area contributed by atoms with Gasteiger partial charge in [-0.25, -0.2) is 33.9 Å². The summed E-state index contributed by atoms with van der Waals surface area (Å²) in [7, 11) is 0. The molecule has 4 aromatic heterocycles. The van der Waals surface area contributed by atoms with E-state index in [1.54, 1.807) is 11.5 Å². The number of imidazole rings is 2. The molecule has 4 fully saturated rings. The van der Waals surface area contributed by atoms with Crippen LogP contribution in [0.5, 0.6) is 0 Å². The number of ether oxygens (including phenoxy) is 3. The molecule has 8 rings (SSSR count). The van der Waals surface area contributed by atoms with E-state index in [0.29, 0.717) is 16.9 Å². The molecule has 2 N–H and O–H groups in total. The van der Waals surface area contributed by atoms with Crippen molar-refractivity contribution in [3.63, 3.8) is 0 Å². The molecule has 2 bridgehead atoms. The molecule has 0 radical (unpaired) electrons. The van der Waals surface area contributed by atoms with E-state index in [0.717, 1.165) is 6.33 Å². The van der Waals surface area contributed by atoms with Crippen molar-refractivity contribution in [2.24, 2.45) is 0 Å². The van der Waals surface area contributed by atoms with E-state index < -0.39 is 80.9 Å². The van der Waals surface area contributed by atoms with Gasteiger partial charge in [0.1, 0.15) is 41.9 Å². The topological polar surface area (TPSA) is 209 Å². The van der Waals surface area contributed by atoms with Crippen molar-refractivity contribution >= 4 is 59.9 Å². The fraction of sp³-hybridized carbons (Fsp3) is 0.545. The van der Waals surface area contributed by atoms with Crippen molar-refractivity contribution in [3.05, 3.63) is 41.4 Å². The maximum Gasteiger partial charge on any atom is 0.386 e. The minimum atomic E-state index is -4.34. The number of aromatic nitrogens is 8. The van der Waals surface area contributed by atoms with E-state index in [1.807, 2.05) is 0 Å². The highest BCUT2D eigenvalue weighted by molar-refractivity contribution is 8.44. The SMILES string of the molecule is Cc1ncnc2c1ncn2[C@@H]1O[C@]23CO[C@@H]1[C@@H]2OP(O)(=S)OC[C@H]1O[C@@H](n2cnc4c(=O)[nH]cnc42)[C@H](F)[C@@H]1OP(=O)(S)OC3. The van der Waals surface area contributed by atoms with Crippen LogP contribution in [-0.4, -0.2) is 99.9 Å². The van der Waals surface area contributed by atoms with Gasteiger partial charge in [-0.05, 0) is 18.7 Å². The average molecular weight is 705 g/mol. The molecule has 0 aliphatic carbocycles. The molecule has 2 unspecified atom stereocenters. The van der Waals surface area contributed by atoms with Crippen LogP contribution in [0.15, 0.2) is 30.1 Å². The fourth-order valence-electron chi connectivity index (χ4n) is 5.97. The minimum absolute atomic E-state index is 0.0347. The number of aromatic amines is 1. The monoisotopic (exact) mass is 704 g/mol. The number of thiol groups is 1. The molecule has 18 nitrogen and oxygen atoms in total. The lowest BCUT2D eigenvalue weighted by Crippen LogP contribution is -2.46. The Hall–Kier alpha value is -2.26. The fourth-order valence-corrected chi connectivity index (χ4v) is 8.93. The lowest BCUT2D eigenvalue weighted by molar-refractivity contribution is -0.183. The van der Waals surface area contributed by atoms with Gasteiger partial charge in [-0.2, -0.15) is 0 Å². The maximum atomic E-state index is 16.1. The first kappa shape index (κ1) is 30.1. The summed E-state index contributed by atoms with van der Waals surface area (Å²) in [5.41, 5.74) is -0.382. The zero-order valence-corrected chi connectivity index (χ0v) is 26.4. The predicted octanol–water partition coefficient (Wildman–Crippen LogP) is 1.24. The number of hydrogen-bond acceptors (Lipinski definition) is 15. The minimum Gasteiger partial charge on any atom is -0.367 e. The largest absolute Gasteiger partial charge is 0.386 e. The van der Waals surface area contributed by atoms with E-state index in [-0.39, 0.29) is 17.8 Å². The molecular weight excluding hydrogens is 681 g/mol. The highest BCUT2D eigenvalue weighted by Gasteiger charge is 2.65. The normalized spacial score (nSPS) is 40.3. The Kier molecular flexibility index (Phi) is 7.11. The van der Waals surface area contributed by atoms with Crippen LogP contribution in [0, 0.1) is 6.92 Å². The second-order valence-electron chi connectivity index (χ2n) is 10.8. The van der Waals surface area contributed by atoms with Gasteiger partial charge in [-0.3, -0.25) is 27.5 Å². The summed E-state index contributed by atoms with van der Waals surface area (Å²) in [4.78, 5) is 46.6. The van der Waals surface area contributed by atoms with Gasteiger partial charge in [0.2, 0.25) is 0 Å². The molecule has 4 saturated heterocycles. The summed E-state index contributed by atoms with van der Waals surface area (Å²) < 4.78 is 73.6. The number of hydrogen-bond donors (Lipinski definition) is 3. The van der Waals surface area contributed by atoms with Crippen LogP contribution >= 0.6 is 25.8 Å². The summed E-state index contributed by atoms with van der Waals surface area (Å²) >= 11 is 9.45. The molecule has 4 aliphatic rings. The van der Waals surface area contributed by atoms with Crippen molar-refractivity contribution in [3.8, 4) is 0 Å². The van der Waals surface area contributed by atoms with E-state index >= 15 is 4.39 Å². The molecule has 4 aliphatic heterocycles. The molecule has 0 aromatic carbocycles. The molecule has 8 heterocycles. The third-order valence-electron chi connectivity index (χ3n) is 8.07. The second-order valence-corrected chi connectivity index (χ2v) is 16.5. The highest BCUT2D eigenvalue weighted by Crippen LogP contribution is 2.61. The van der Waals surface area contributed by atoms with Crippen LogP contribution < -0.4 is 5.56 Å². The zero-order valence-electron chi connectivity index (χ0n) is 22.9. The van der Waals surface area contributed by atoms with Gasteiger partial charge in [-0.15, -0.1) is 0 Å². The van der Waals surface area contributed by atoms with Gasteiger partial charge < -0.3 is 28.6 Å². The van der Waals surface area contributed by atoms with E-state index in [9.17, 15) is 14.3 Å². The van der Waals surface area contributed by atoms with Crippen LogP contribution in [-0.2, 0) is 48.7 Å². The van der Waals surface area contributed by atoms with Crippen molar-refractivity contribution in [1.82, 2.24) is 39.0 Å². The maximum absolute atomic E-state index is 16.1. The van der Waals surface area contributed by atoms with Gasteiger partial charge in [0.15, 0.2) is 35.4 Å². The smallest absolute Gasteiger partial charge is 0.367 e. The first-order chi connectivity index (χ1) is 21.5. The number of aryl methyl sites for hydroxylation is 1. The quantitative estimate of drug-likeness (QED) is 0.198. The van der Waals surface area contributed by atoms with Crippen molar-refractivity contribution in [2.75, 3.05) is 19.8 Å². The molecule has 0 amide bonds. The summed E-state index contributed by atoms with van der Waals surface area (Å²) in [5, 5.41) is 0. The predicted molar refractivity (Wildman–Crippen MR) is 154 cm³/mol. The molecule has 0 spiro atoms. The number of halogens is 1. The van der Waals surface area contributed by atoms with Crippen molar-refractivity contribution in [2.45, 2.75) is 55.6 Å². The first-order valence-corrected chi connectivity index (χ1v) is 18.7. The van der Waals surface area contributed by atoms with Gasteiger partial charge in [0, 0.05) is 0 Å². The van der Waals surface area contributed by atoms with Crippen LogP contribution in [0.25, 0.3) is 22.3 Å². The summed E-state index contributed by atoms with van der Waals surface area (Å²) in [5.74, 6) is 0. The molecular formula is C22H23FN8O10P2S2. The summed E-state index contributed by atoms with van der Waals surface area (Å²) in [6.45, 7) is -7.76. The lowest BCUT2D eigenvalue weighted by atomic mass is 10.0. The third kappa shape index (κ3) is 4.92. The Morgan fingerprint density at radius 1 is 1.07 bits per heavy atom. The van der Waals surface area contributed by atoms with Crippen molar-refractivity contribution in [1.29, 1.82) is 0 Å². The van der Waals surface area contributed by atoms with Gasteiger partial charge in [-0.1, -0.05) is 12.2 Å². The number of rotatable bonds is 2. The molecule has 10 atom stereocenters. The molecule has 0 saturated carbocycles.